The Morgan fingerprint density at radius 2 is 2.07 bits per heavy atom. The van der Waals surface area contributed by atoms with Gasteiger partial charge in [0.2, 0.25) is 0 Å². The van der Waals surface area contributed by atoms with Crippen molar-refractivity contribution in [2.75, 3.05) is 0 Å². The summed E-state index contributed by atoms with van der Waals surface area (Å²) in [5, 5.41) is 0. The normalized spacial score (nSPS) is 10.1. The number of nitrogens with one attached hydrogen (secondary N) is 1. The number of aromatic nitrogens is 3. The highest BCUT2D eigenvalue weighted by Gasteiger charge is 2.04. The van der Waals surface area contributed by atoms with Crippen molar-refractivity contribution >= 4 is 12.2 Å². The topological polar surface area (TPSA) is 41.6 Å². The fourth-order valence-electron chi connectivity index (χ4n) is 1.11. The van der Waals surface area contributed by atoms with Crippen LogP contribution in [0.4, 0.5) is 4.39 Å². The van der Waals surface area contributed by atoms with E-state index in [1.807, 2.05) is 0 Å². The van der Waals surface area contributed by atoms with Crippen molar-refractivity contribution < 1.29 is 4.39 Å². The quantitative estimate of drug-likeness (QED) is 0.730. The van der Waals surface area contributed by atoms with Crippen LogP contribution in [0.25, 0.3) is 11.3 Å². The van der Waals surface area contributed by atoms with Gasteiger partial charge in [0.15, 0.2) is 5.82 Å². The second-order valence-electron chi connectivity index (χ2n) is 2.67. The van der Waals surface area contributed by atoms with Crippen LogP contribution < -0.4 is 0 Å². The molecule has 0 saturated carbocycles. The van der Waals surface area contributed by atoms with E-state index in [4.69, 9.17) is 12.2 Å². The summed E-state index contributed by atoms with van der Waals surface area (Å²) < 4.78 is 13.7. The van der Waals surface area contributed by atoms with E-state index in [2.05, 4.69) is 15.0 Å². The molecule has 70 valence electrons. The van der Waals surface area contributed by atoms with E-state index >= 15 is 0 Å². The van der Waals surface area contributed by atoms with Gasteiger partial charge in [-0.25, -0.2) is 4.39 Å². The summed E-state index contributed by atoms with van der Waals surface area (Å²) >= 11 is 4.89. The highest BCUT2D eigenvalue weighted by Crippen LogP contribution is 2.17. The third kappa shape index (κ3) is 1.67. The van der Waals surface area contributed by atoms with Gasteiger partial charge in [0, 0.05) is 11.8 Å². The molecule has 2 rings (SSSR count). The molecule has 0 aromatic carbocycles. The first-order valence-electron chi connectivity index (χ1n) is 3.91. The Morgan fingerprint density at radius 1 is 1.21 bits per heavy atom. The Kier molecular flexibility index (Phi) is 2.32. The summed E-state index contributed by atoms with van der Waals surface area (Å²) in [5.74, 6) is -0.397. The molecule has 0 amide bonds. The Bertz CT molecular complexity index is 509. The van der Waals surface area contributed by atoms with E-state index in [-0.39, 0.29) is 0 Å². The molecule has 0 radical (unpaired) electrons. The number of pyridine rings is 1. The highest BCUT2D eigenvalue weighted by atomic mass is 32.1. The number of hydrogen-bond acceptors (Lipinski definition) is 3. The lowest BCUT2D eigenvalue weighted by molar-refractivity contribution is 0.624. The van der Waals surface area contributed by atoms with Gasteiger partial charge in [-0.15, -0.1) is 0 Å². The zero-order valence-corrected chi connectivity index (χ0v) is 7.88. The van der Waals surface area contributed by atoms with Crippen LogP contribution in [0.2, 0.25) is 0 Å². The maximum absolute atomic E-state index is 13.3. The average Bonchev–Trinajstić information content (AvgIpc) is 2.18. The van der Waals surface area contributed by atoms with Crippen molar-refractivity contribution in [1.82, 2.24) is 15.0 Å². The fourth-order valence-corrected chi connectivity index (χ4v) is 1.28. The van der Waals surface area contributed by atoms with Gasteiger partial charge >= 0.3 is 0 Å². The van der Waals surface area contributed by atoms with E-state index < -0.39 is 5.82 Å². The van der Waals surface area contributed by atoms with Crippen molar-refractivity contribution in [1.29, 1.82) is 0 Å². The standard InChI is InChI=1S/C9H6FN3S/c10-7-3-11-2-1-6(7)8-4-12-5-9(14)13-8/h1-5H,(H,13,14). The maximum Gasteiger partial charge on any atom is 0.150 e. The van der Waals surface area contributed by atoms with Gasteiger partial charge < -0.3 is 4.98 Å². The van der Waals surface area contributed by atoms with Crippen molar-refractivity contribution in [2.45, 2.75) is 0 Å². The first-order valence-corrected chi connectivity index (χ1v) is 4.32. The number of hydrogen-bond donors (Lipinski definition) is 1. The molecule has 5 heteroatoms. The lowest BCUT2D eigenvalue weighted by atomic mass is 10.2. The van der Waals surface area contributed by atoms with Crippen LogP contribution in [0.1, 0.15) is 0 Å². The molecule has 0 bridgehead atoms. The largest absolute Gasteiger partial charge is 0.343 e. The minimum Gasteiger partial charge on any atom is -0.343 e. The van der Waals surface area contributed by atoms with Crippen molar-refractivity contribution in [3.05, 3.63) is 41.3 Å². The lowest BCUT2D eigenvalue weighted by Gasteiger charge is -2.01. The minimum absolute atomic E-state index is 0.397. The minimum atomic E-state index is -0.397. The van der Waals surface area contributed by atoms with E-state index in [9.17, 15) is 4.39 Å². The van der Waals surface area contributed by atoms with E-state index in [0.717, 1.165) is 6.20 Å². The Morgan fingerprint density at radius 3 is 2.79 bits per heavy atom. The molecule has 0 aliphatic carbocycles. The second kappa shape index (κ2) is 3.63. The average molecular weight is 207 g/mol. The second-order valence-corrected chi connectivity index (χ2v) is 3.11. The van der Waals surface area contributed by atoms with Crippen molar-refractivity contribution in [2.24, 2.45) is 0 Å². The Hall–Kier alpha value is -1.62. The van der Waals surface area contributed by atoms with Crippen LogP contribution in [0.5, 0.6) is 0 Å². The molecule has 3 nitrogen and oxygen atoms in total. The highest BCUT2D eigenvalue weighted by molar-refractivity contribution is 7.71. The summed E-state index contributed by atoms with van der Waals surface area (Å²) in [6, 6.07) is 1.57. The Balaban J connectivity index is 2.61. The van der Waals surface area contributed by atoms with Crippen LogP contribution in [0.3, 0.4) is 0 Å². The molecule has 2 aromatic rings. The van der Waals surface area contributed by atoms with E-state index in [0.29, 0.717) is 15.9 Å². The first-order chi connectivity index (χ1) is 6.77. The summed E-state index contributed by atoms with van der Waals surface area (Å²) in [7, 11) is 0. The molecular formula is C9H6FN3S. The number of halogens is 1. The van der Waals surface area contributed by atoms with Crippen LogP contribution in [-0.2, 0) is 0 Å². The fraction of sp³-hybridized carbons (Fsp3) is 0. The first kappa shape index (κ1) is 8.96. The number of rotatable bonds is 1. The predicted molar refractivity (Wildman–Crippen MR) is 52.6 cm³/mol. The van der Waals surface area contributed by atoms with Gasteiger partial charge in [0.1, 0.15) is 4.64 Å². The third-order valence-electron chi connectivity index (χ3n) is 1.72. The summed E-state index contributed by atoms with van der Waals surface area (Å²) in [6.45, 7) is 0. The molecule has 0 fully saturated rings. The van der Waals surface area contributed by atoms with Gasteiger partial charge in [0.25, 0.3) is 0 Å². The predicted octanol–water partition coefficient (Wildman–Crippen LogP) is 2.34. The molecule has 2 aromatic heterocycles. The molecule has 0 atom stereocenters. The van der Waals surface area contributed by atoms with Crippen LogP contribution >= 0.6 is 12.2 Å². The van der Waals surface area contributed by atoms with Crippen LogP contribution in [0, 0.1) is 10.5 Å². The smallest absolute Gasteiger partial charge is 0.150 e. The van der Waals surface area contributed by atoms with Crippen molar-refractivity contribution in [3.63, 3.8) is 0 Å². The number of H-pyrrole nitrogens is 1. The molecule has 1 N–H and O–H groups in total. The molecule has 14 heavy (non-hydrogen) atoms. The molecule has 0 aliphatic heterocycles. The molecule has 0 aliphatic rings. The summed E-state index contributed by atoms with van der Waals surface area (Å²) in [5.41, 5.74) is 0.969. The molecular weight excluding hydrogens is 201 g/mol. The van der Waals surface area contributed by atoms with Gasteiger partial charge in [-0.3, -0.25) is 9.97 Å². The molecule has 0 unspecified atom stereocenters. The summed E-state index contributed by atoms with van der Waals surface area (Å²) in [4.78, 5) is 10.4. The van der Waals surface area contributed by atoms with E-state index in [1.54, 1.807) is 6.07 Å². The third-order valence-corrected chi connectivity index (χ3v) is 1.92. The Labute approximate surface area is 84.7 Å². The van der Waals surface area contributed by atoms with Crippen molar-refractivity contribution in [3.8, 4) is 11.3 Å². The zero-order valence-electron chi connectivity index (χ0n) is 7.07. The maximum atomic E-state index is 13.3. The molecule has 0 saturated heterocycles. The van der Waals surface area contributed by atoms with Gasteiger partial charge in [-0.05, 0) is 6.07 Å². The SMILES string of the molecule is Fc1cnccc1-c1cncc(=S)[nH]1. The van der Waals surface area contributed by atoms with Crippen LogP contribution in [-0.4, -0.2) is 15.0 Å². The van der Waals surface area contributed by atoms with Crippen LogP contribution in [0.15, 0.2) is 30.9 Å². The molecule has 0 spiro atoms. The number of nitrogens with zero attached hydrogens (tertiary/aromatic N) is 2. The summed E-state index contributed by atoms with van der Waals surface area (Å²) in [6.07, 6.45) is 5.69. The van der Waals surface area contributed by atoms with Gasteiger partial charge in [-0.1, -0.05) is 12.2 Å². The zero-order chi connectivity index (χ0) is 9.97. The van der Waals surface area contributed by atoms with Gasteiger partial charge in [0.05, 0.1) is 24.3 Å². The van der Waals surface area contributed by atoms with Gasteiger partial charge in [-0.2, -0.15) is 0 Å². The lowest BCUT2D eigenvalue weighted by Crippen LogP contribution is -1.90. The monoisotopic (exact) mass is 207 g/mol. The number of aromatic amines is 1. The van der Waals surface area contributed by atoms with E-state index in [1.165, 1.54) is 18.6 Å². The molecule has 2 heterocycles.